The monoisotopic (exact) mass is 313 g/mol. The average molecular weight is 314 g/mol. The average Bonchev–Trinajstić information content (AvgIpc) is 2.42. The van der Waals surface area contributed by atoms with Crippen molar-refractivity contribution in [2.24, 2.45) is 0 Å². The predicted octanol–water partition coefficient (Wildman–Crippen LogP) is 1.85. The molecule has 1 heterocycles. The summed E-state index contributed by atoms with van der Waals surface area (Å²) in [7, 11) is 0. The van der Waals surface area contributed by atoms with E-state index in [4.69, 9.17) is 11.6 Å². The van der Waals surface area contributed by atoms with E-state index in [1.165, 1.54) is 0 Å². The molecule has 5 nitrogen and oxygen atoms in total. The fourth-order valence-electron chi connectivity index (χ4n) is 1.73. The molecule has 1 atom stereocenters. The number of carboxylic acid groups (broad SMARTS) is 1. The van der Waals surface area contributed by atoms with Crippen LogP contribution in [0.15, 0.2) is 30.5 Å². The molecule has 1 unspecified atom stereocenters. The molecule has 2 aromatic rings. The molecule has 21 heavy (non-hydrogen) atoms. The summed E-state index contributed by atoms with van der Waals surface area (Å²) in [5, 5.41) is 22.4. The zero-order valence-electron chi connectivity index (χ0n) is 10.3. The largest absolute Gasteiger partial charge is 0.530 e. The molecular formula is C13H8ClF2N2O3-. The maximum atomic E-state index is 13.6. The molecule has 110 valence electrons. The van der Waals surface area contributed by atoms with Gasteiger partial charge in [0.1, 0.15) is 29.6 Å². The Morgan fingerprint density at radius 3 is 2.71 bits per heavy atom. The van der Waals surface area contributed by atoms with E-state index < -0.39 is 23.8 Å². The number of anilines is 1. The van der Waals surface area contributed by atoms with Gasteiger partial charge in [0, 0.05) is 17.3 Å². The zero-order valence-corrected chi connectivity index (χ0v) is 11.1. The van der Waals surface area contributed by atoms with Gasteiger partial charge in [-0.05, 0) is 24.3 Å². The third-order valence-electron chi connectivity index (χ3n) is 2.66. The van der Waals surface area contributed by atoms with Crippen molar-refractivity contribution in [2.45, 2.75) is 6.10 Å². The van der Waals surface area contributed by atoms with Gasteiger partial charge in [0.05, 0.1) is 5.02 Å². The molecule has 0 radical (unpaired) electrons. The lowest BCUT2D eigenvalue weighted by Crippen LogP contribution is -2.29. The van der Waals surface area contributed by atoms with Crippen LogP contribution in [0.3, 0.4) is 0 Å². The van der Waals surface area contributed by atoms with Crippen LogP contribution in [0.1, 0.15) is 17.2 Å². The summed E-state index contributed by atoms with van der Waals surface area (Å²) < 4.78 is 26.8. The molecule has 0 aliphatic heterocycles. The lowest BCUT2D eigenvalue weighted by atomic mass is 10.0. The van der Waals surface area contributed by atoms with Gasteiger partial charge < -0.3 is 20.3 Å². The van der Waals surface area contributed by atoms with Crippen molar-refractivity contribution in [3.63, 3.8) is 0 Å². The quantitative estimate of drug-likeness (QED) is 0.905. The predicted molar refractivity (Wildman–Crippen MR) is 68.7 cm³/mol. The molecule has 0 saturated heterocycles. The second-order valence-electron chi connectivity index (χ2n) is 4.07. The number of carbonyl (C=O) groups excluding carboxylic acids is 1. The Morgan fingerprint density at radius 2 is 2.05 bits per heavy atom. The van der Waals surface area contributed by atoms with Crippen molar-refractivity contribution in [1.82, 2.24) is 4.98 Å². The summed E-state index contributed by atoms with van der Waals surface area (Å²) in [6.07, 6.45) is -2.12. The van der Waals surface area contributed by atoms with Crippen molar-refractivity contribution in [1.29, 1.82) is 0 Å². The first kappa shape index (κ1) is 15.1. The first-order valence-electron chi connectivity index (χ1n) is 5.65. The molecule has 0 saturated carbocycles. The third-order valence-corrected chi connectivity index (χ3v) is 2.98. The second kappa shape index (κ2) is 6.02. The number of rotatable bonds is 3. The maximum Gasteiger partial charge on any atom is 0.140 e. The van der Waals surface area contributed by atoms with Crippen LogP contribution >= 0.6 is 11.6 Å². The molecule has 1 aromatic heterocycles. The summed E-state index contributed by atoms with van der Waals surface area (Å²) in [5.74, 6) is -1.72. The van der Waals surface area contributed by atoms with Gasteiger partial charge >= 0.3 is 0 Å². The van der Waals surface area contributed by atoms with Crippen molar-refractivity contribution in [3.05, 3.63) is 58.2 Å². The van der Waals surface area contributed by atoms with E-state index in [1.807, 2.05) is 5.32 Å². The fraction of sp³-hybridized carbons (Fsp3) is 0.0769. The molecule has 0 spiro atoms. The van der Waals surface area contributed by atoms with Crippen LogP contribution < -0.4 is 10.4 Å². The van der Waals surface area contributed by atoms with E-state index in [2.05, 4.69) is 4.98 Å². The van der Waals surface area contributed by atoms with Crippen LogP contribution in [0.2, 0.25) is 5.02 Å². The number of aliphatic hydroxyl groups excluding tert-OH is 1. The van der Waals surface area contributed by atoms with Crippen molar-refractivity contribution < 1.29 is 23.8 Å². The number of amides is 1. The SMILES string of the molecule is O=C([O-])Nc1cc(C(O)c2cc(F)ccc2F)c(Cl)cn1. The summed E-state index contributed by atoms with van der Waals surface area (Å²) in [6, 6.07) is 3.70. The Bertz CT molecular complexity index is 697. The molecule has 0 aliphatic carbocycles. The fourth-order valence-corrected chi connectivity index (χ4v) is 1.94. The maximum absolute atomic E-state index is 13.6. The number of hydrogen-bond donors (Lipinski definition) is 2. The highest BCUT2D eigenvalue weighted by atomic mass is 35.5. The number of benzene rings is 1. The first-order chi connectivity index (χ1) is 9.88. The molecule has 1 aromatic carbocycles. The highest BCUT2D eigenvalue weighted by Gasteiger charge is 2.19. The molecule has 2 N–H and O–H groups in total. The van der Waals surface area contributed by atoms with Crippen LogP contribution in [-0.2, 0) is 0 Å². The number of carbonyl (C=O) groups is 1. The number of nitrogens with one attached hydrogen (secondary N) is 1. The Hall–Kier alpha value is -2.25. The summed E-state index contributed by atoms with van der Waals surface area (Å²) >= 11 is 5.84. The Balaban J connectivity index is 2.44. The molecule has 0 fully saturated rings. The van der Waals surface area contributed by atoms with E-state index in [0.29, 0.717) is 0 Å². The van der Waals surface area contributed by atoms with Crippen LogP contribution in [0, 0.1) is 11.6 Å². The molecule has 1 amide bonds. The van der Waals surface area contributed by atoms with Crippen LogP contribution in [0.4, 0.5) is 19.4 Å². The molecule has 2 rings (SSSR count). The molecule has 0 aliphatic rings. The standard InChI is InChI=1S/C13H9ClF2N2O3/c14-9-5-17-11(18-13(20)21)4-7(9)12(19)8-3-6(15)1-2-10(8)16/h1-5,12,19H,(H,17,18)(H,20,21)/p-1. The van der Waals surface area contributed by atoms with Crippen molar-refractivity contribution in [3.8, 4) is 0 Å². The van der Waals surface area contributed by atoms with Gasteiger partial charge in [0.2, 0.25) is 0 Å². The molecule has 0 bridgehead atoms. The number of pyridine rings is 1. The summed E-state index contributed by atoms with van der Waals surface area (Å²) in [6.45, 7) is 0. The Morgan fingerprint density at radius 1 is 1.33 bits per heavy atom. The first-order valence-corrected chi connectivity index (χ1v) is 6.02. The molecular weight excluding hydrogens is 306 g/mol. The van der Waals surface area contributed by atoms with Gasteiger partial charge in [0.25, 0.3) is 0 Å². The zero-order chi connectivity index (χ0) is 15.6. The Kier molecular flexibility index (Phi) is 4.35. The van der Waals surface area contributed by atoms with Crippen molar-refractivity contribution >= 4 is 23.5 Å². The van der Waals surface area contributed by atoms with Gasteiger partial charge in [-0.1, -0.05) is 11.6 Å². The summed E-state index contributed by atoms with van der Waals surface area (Å²) in [5.41, 5.74) is -0.359. The number of aromatic nitrogens is 1. The van der Waals surface area contributed by atoms with E-state index in [0.717, 1.165) is 30.5 Å². The highest BCUT2D eigenvalue weighted by Crippen LogP contribution is 2.31. The van der Waals surface area contributed by atoms with Crippen LogP contribution in [0.5, 0.6) is 0 Å². The number of hydrogen-bond acceptors (Lipinski definition) is 4. The topological polar surface area (TPSA) is 85.3 Å². The minimum absolute atomic E-state index is 0.0279. The van der Waals surface area contributed by atoms with Crippen LogP contribution in [-0.4, -0.2) is 16.2 Å². The van der Waals surface area contributed by atoms with Gasteiger partial charge in [-0.3, -0.25) is 0 Å². The lowest BCUT2D eigenvalue weighted by molar-refractivity contribution is -0.242. The Labute approximate surface area is 122 Å². The minimum atomic E-state index is -1.61. The highest BCUT2D eigenvalue weighted by molar-refractivity contribution is 6.31. The van der Waals surface area contributed by atoms with E-state index >= 15 is 0 Å². The minimum Gasteiger partial charge on any atom is -0.530 e. The van der Waals surface area contributed by atoms with E-state index in [1.54, 1.807) is 0 Å². The third kappa shape index (κ3) is 3.45. The molecule has 8 heteroatoms. The number of aliphatic hydroxyl groups is 1. The number of halogens is 3. The van der Waals surface area contributed by atoms with Crippen molar-refractivity contribution in [2.75, 3.05) is 5.32 Å². The number of nitrogens with zero attached hydrogens (tertiary/aromatic N) is 1. The van der Waals surface area contributed by atoms with Gasteiger partial charge in [0.15, 0.2) is 0 Å². The summed E-state index contributed by atoms with van der Waals surface area (Å²) in [4.78, 5) is 14.1. The van der Waals surface area contributed by atoms with Gasteiger partial charge in [-0.15, -0.1) is 0 Å². The lowest BCUT2D eigenvalue weighted by Gasteiger charge is -2.15. The van der Waals surface area contributed by atoms with Crippen LogP contribution in [0.25, 0.3) is 0 Å². The van der Waals surface area contributed by atoms with Gasteiger partial charge in [-0.2, -0.15) is 0 Å². The van der Waals surface area contributed by atoms with E-state index in [-0.39, 0.29) is 22.0 Å². The van der Waals surface area contributed by atoms with E-state index in [9.17, 15) is 23.8 Å². The van der Waals surface area contributed by atoms with Gasteiger partial charge in [-0.25, -0.2) is 13.8 Å². The second-order valence-corrected chi connectivity index (χ2v) is 4.48. The smallest absolute Gasteiger partial charge is 0.140 e. The normalized spacial score (nSPS) is 12.0.